The van der Waals surface area contributed by atoms with Crippen molar-refractivity contribution in [3.63, 3.8) is 0 Å². The Morgan fingerprint density at radius 2 is 1.60 bits per heavy atom. The number of allylic oxidation sites excluding steroid dienone is 4. The van der Waals surface area contributed by atoms with Crippen LogP contribution >= 0.6 is 0 Å². The van der Waals surface area contributed by atoms with E-state index in [1.807, 2.05) is 23.1 Å². The number of alkyl halides is 5. The van der Waals surface area contributed by atoms with Gasteiger partial charge in [0.1, 0.15) is 5.60 Å². The lowest BCUT2D eigenvalue weighted by Crippen LogP contribution is -2.65. The second-order valence-electron chi connectivity index (χ2n) is 14.6. The summed E-state index contributed by atoms with van der Waals surface area (Å²) in [4.78, 5) is 30.0. The number of carbonyl (C=O) groups is 2. The number of rotatable bonds is 5. The largest absolute Gasteiger partial charge is 0.456 e. The Kier molecular flexibility index (Phi) is 8.22. The number of halogens is 5. The molecule has 0 radical (unpaired) electrons. The Bertz CT molecular complexity index is 1640. The highest BCUT2D eigenvalue weighted by molar-refractivity contribution is 5.94. The van der Waals surface area contributed by atoms with Crippen LogP contribution in [0.2, 0.25) is 0 Å². The van der Waals surface area contributed by atoms with Gasteiger partial charge in [0, 0.05) is 56.0 Å². The van der Waals surface area contributed by atoms with E-state index >= 15 is 8.78 Å². The van der Waals surface area contributed by atoms with Gasteiger partial charge in [0.05, 0.1) is 0 Å². The molecule has 7 rings (SSSR count). The molecule has 256 valence electrons. The lowest BCUT2D eigenvalue weighted by Gasteiger charge is -2.56. The minimum Gasteiger partial charge on any atom is -0.383 e. The lowest BCUT2D eigenvalue weighted by molar-refractivity contribution is -0.362. The summed E-state index contributed by atoms with van der Waals surface area (Å²) in [6.45, 7) is 4.86. The fourth-order valence-electron chi connectivity index (χ4n) is 9.71. The Morgan fingerprint density at radius 3 is 2.27 bits per heavy atom. The number of piperazine rings is 1. The SMILES string of the molecule is C[C@]12C[C@H](c3ccc(C(=O)N4CCN(Cc5ccccc5)CC4)cc3)C3=C4CCC(=O)C=C4CC[C@H]3[C@@H]1CC[C@]2(O)C(F)(F)C(F)(F)F. The molecule has 48 heavy (non-hydrogen) atoms. The second-order valence-corrected chi connectivity index (χ2v) is 14.6. The molecule has 1 saturated heterocycles. The summed E-state index contributed by atoms with van der Waals surface area (Å²) in [5.41, 5.74) is 0.400. The second kappa shape index (κ2) is 11.9. The molecular weight excluding hydrogens is 627 g/mol. The number of ketones is 1. The fourth-order valence-corrected chi connectivity index (χ4v) is 9.71. The summed E-state index contributed by atoms with van der Waals surface area (Å²) >= 11 is 0. The molecule has 1 aliphatic heterocycles. The van der Waals surface area contributed by atoms with Crippen molar-refractivity contribution < 1.29 is 36.6 Å². The number of benzene rings is 2. The lowest BCUT2D eigenvalue weighted by atomic mass is 9.50. The molecule has 5 nitrogen and oxygen atoms in total. The normalized spacial score (nSPS) is 31.2. The molecule has 0 bridgehead atoms. The third-order valence-electron chi connectivity index (χ3n) is 12.2. The molecule has 1 amide bonds. The Hall–Kier alpha value is -3.37. The molecule has 0 aromatic heterocycles. The van der Waals surface area contributed by atoms with Gasteiger partial charge in [-0.1, -0.05) is 55.0 Å². The number of aliphatic hydroxyl groups is 1. The highest BCUT2D eigenvalue weighted by Gasteiger charge is 2.79. The highest BCUT2D eigenvalue weighted by atomic mass is 19.4. The first kappa shape index (κ1) is 33.1. The zero-order chi connectivity index (χ0) is 34.1. The van der Waals surface area contributed by atoms with Gasteiger partial charge in [0.25, 0.3) is 5.91 Å². The summed E-state index contributed by atoms with van der Waals surface area (Å²) in [5.74, 6) is -6.75. The third kappa shape index (κ3) is 5.25. The van der Waals surface area contributed by atoms with Crippen molar-refractivity contribution >= 4 is 11.7 Å². The molecule has 2 aromatic carbocycles. The quantitative estimate of drug-likeness (QED) is 0.336. The van der Waals surface area contributed by atoms with Crippen molar-refractivity contribution in [3.8, 4) is 0 Å². The molecule has 1 heterocycles. The predicted octanol–water partition coefficient (Wildman–Crippen LogP) is 7.47. The van der Waals surface area contributed by atoms with Crippen molar-refractivity contribution in [3.05, 3.63) is 94.1 Å². The molecule has 3 fully saturated rings. The maximum absolute atomic E-state index is 15.3. The molecule has 1 N–H and O–H groups in total. The highest BCUT2D eigenvalue weighted by Crippen LogP contribution is 2.70. The monoisotopic (exact) mass is 668 g/mol. The first-order valence-corrected chi connectivity index (χ1v) is 17.0. The van der Waals surface area contributed by atoms with Gasteiger partial charge in [-0.25, -0.2) is 0 Å². The Balaban J connectivity index is 1.18. The molecule has 5 aliphatic rings. The van der Waals surface area contributed by atoms with Crippen molar-refractivity contribution in [1.29, 1.82) is 0 Å². The summed E-state index contributed by atoms with van der Waals surface area (Å²) in [5, 5.41) is 11.5. The third-order valence-corrected chi connectivity index (χ3v) is 12.2. The van der Waals surface area contributed by atoms with Gasteiger partial charge in [-0.3, -0.25) is 14.5 Å². The average Bonchev–Trinajstić information content (AvgIpc) is 3.35. The van der Waals surface area contributed by atoms with Crippen molar-refractivity contribution in [2.24, 2.45) is 17.3 Å². The van der Waals surface area contributed by atoms with Crippen LogP contribution in [0.3, 0.4) is 0 Å². The standard InChI is InChI=1S/C38H41F5N2O3/c1-35-22-31(25-7-9-26(10-8-25)34(47)45-19-17-44(18-20-45)23-24-5-3-2-4-6-24)33-29-14-12-28(46)21-27(29)11-13-30(33)32(35)15-16-36(35,48)37(39,40)38(41,42)43/h2-10,21,30-32,48H,11-20,22-23H2,1H3/t30-,31+,32-,35-,36+/m0/s1. The van der Waals surface area contributed by atoms with Crippen molar-refractivity contribution in [1.82, 2.24) is 9.80 Å². The average molecular weight is 669 g/mol. The minimum atomic E-state index is -5.89. The fraction of sp³-hybridized carbons (Fsp3) is 0.526. The van der Waals surface area contributed by atoms with Crippen LogP contribution < -0.4 is 0 Å². The van der Waals surface area contributed by atoms with E-state index in [9.17, 15) is 27.9 Å². The number of nitrogens with zero attached hydrogens (tertiary/aromatic N) is 2. The molecule has 2 aromatic rings. The summed E-state index contributed by atoms with van der Waals surface area (Å²) < 4.78 is 72.1. The van der Waals surface area contributed by atoms with E-state index < -0.39 is 41.4 Å². The smallest absolute Gasteiger partial charge is 0.383 e. The van der Waals surface area contributed by atoms with E-state index in [1.165, 1.54) is 12.5 Å². The zero-order valence-electron chi connectivity index (χ0n) is 27.0. The van der Waals surface area contributed by atoms with Crippen molar-refractivity contribution in [2.45, 2.75) is 82.0 Å². The summed E-state index contributed by atoms with van der Waals surface area (Å²) in [6.07, 6.45) is -2.99. The zero-order valence-corrected chi connectivity index (χ0v) is 27.0. The van der Waals surface area contributed by atoms with Crippen LogP contribution in [0.25, 0.3) is 0 Å². The number of carbonyl (C=O) groups excluding carboxylic acids is 2. The van der Waals surface area contributed by atoms with Crippen LogP contribution in [0.1, 0.15) is 79.3 Å². The molecule has 4 aliphatic carbocycles. The molecule has 5 atom stereocenters. The Labute approximate surface area is 277 Å². The first-order chi connectivity index (χ1) is 22.7. The van der Waals surface area contributed by atoms with Crippen LogP contribution in [0.5, 0.6) is 0 Å². The topological polar surface area (TPSA) is 60.9 Å². The van der Waals surface area contributed by atoms with Gasteiger partial charge in [-0.05, 0) is 90.8 Å². The van der Waals surface area contributed by atoms with Gasteiger partial charge < -0.3 is 10.0 Å². The van der Waals surface area contributed by atoms with E-state index in [0.29, 0.717) is 49.9 Å². The van der Waals surface area contributed by atoms with Crippen LogP contribution in [0.4, 0.5) is 22.0 Å². The predicted molar refractivity (Wildman–Crippen MR) is 170 cm³/mol. The maximum atomic E-state index is 15.3. The van der Waals surface area contributed by atoms with Gasteiger partial charge >= 0.3 is 12.1 Å². The van der Waals surface area contributed by atoms with Crippen LogP contribution in [-0.4, -0.2) is 70.5 Å². The molecule has 2 saturated carbocycles. The van der Waals surface area contributed by atoms with E-state index in [2.05, 4.69) is 17.0 Å². The van der Waals surface area contributed by atoms with Crippen LogP contribution in [0, 0.1) is 17.3 Å². The molecule has 0 unspecified atom stereocenters. The van der Waals surface area contributed by atoms with E-state index in [1.54, 1.807) is 30.3 Å². The number of amides is 1. The van der Waals surface area contributed by atoms with E-state index in [0.717, 1.165) is 36.4 Å². The number of fused-ring (bicyclic) bond motifs is 4. The summed E-state index contributed by atoms with van der Waals surface area (Å²) in [7, 11) is 0. The Morgan fingerprint density at radius 1 is 0.917 bits per heavy atom. The van der Waals surface area contributed by atoms with Gasteiger partial charge in [-0.2, -0.15) is 22.0 Å². The molecule has 0 spiro atoms. The molecule has 10 heteroatoms. The minimum absolute atomic E-state index is 0.0359. The van der Waals surface area contributed by atoms with Crippen molar-refractivity contribution in [2.75, 3.05) is 26.2 Å². The van der Waals surface area contributed by atoms with E-state index in [4.69, 9.17) is 0 Å². The van der Waals surface area contributed by atoms with Crippen LogP contribution in [-0.2, 0) is 11.3 Å². The van der Waals surface area contributed by atoms with E-state index in [-0.39, 0.29) is 30.4 Å². The van der Waals surface area contributed by atoms with Gasteiger partial charge in [0.2, 0.25) is 0 Å². The van der Waals surface area contributed by atoms with Gasteiger partial charge in [0.15, 0.2) is 5.78 Å². The van der Waals surface area contributed by atoms with Gasteiger partial charge in [-0.15, -0.1) is 0 Å². The van der Waals surface area contributed by atoms with Crippen LogP contribution in [0.15, 0.2) is 77.4 Å². The summed E-state index contributed by atoms with van der Waals surface area (Å²) in [6, 6.07) is 17.2. The number of hydrogen-bond acceptors (Lipinski definition) is 4. The number of hydrogen-bond donors (Lipinski definition) is 1. The maximum Gasteiger partial charge on any atom is 0.456 e. The first-order valence-electron chi connectivity index (χ1n) is 17.0. The molecular formula is C38H41F5N2O3.